The van der Waals surface area contributed by atoms with Gasteiger partial charge in [0.2, 0.25) is 29.5 Å². The van der Waals surface area contributed by atoms with Gasteiger partial charge < -0.3 is 42.5 Å². The second-order valence-corrected chi connectivity index (χ2v) is 7.71. The lowest BCUT2D eigenvalue weighted by molar-refractivity contribution is -0.143. The van der Waals surface area contributed by atoms with Crippen molar-refractivity contribution >= 4 is 41.5 Å². The molecule has 0 bridgehead atoms. The molecule has 0 spiro atoms. The summed E-state index contributed by atoms with van der Waals surface area (Å²) in [7, 11) is 0. The molecule has 0 radical (unpaired) electrons. The number of carbonyl (C=O) groups excluding carboxylic acids is 5. The number of rotatable bonds is 5. The molecule has 2 aliphatic heterocycles. The van der Waals surface area contributed by atoms with Crippen LogP contribution in [-0.4, -0.2) is 87.9 Å². The minimum Gasteiger partial charge on any atom is -0.481 e. The number of piperazine rings is 2. The molecule has 0 aliphatic carbocycles. The molecule has 0 saturated carbocycles. The molecule has 0 aromatic rings. The van der Waals surface area contributed by atoms with Crippen LogP contribution < -0.4 is 32.3 Å². The standard InChI is InChI=1S/C7H10N2O4.C6H12N2O3.C6H10N2O2/c1-3-6(12)9-4(2-5(10)11)7(13)8-3;1-3(7)5(9)8-4(2)6(10)11;1-3-5(9)8-4(2)6(10)7-3/h3-4H,2H2,1H3,(H,8,13)(H,9,12)(H,10,11);3-4H,7H2,1-2H3,(H,8,9)(H,10,11);3-4H,1-2H3,(H,7,10)(H,8,9). The zero-order valence-electron chi connectivity index (χ0n) is 19.5. The van der Waals surface area contributed by atoms with Crippen LogP contribution in [0, 0.1) is 0 Å². The van der Waals surface area contributed by atoms with Crippen molar-refractivity contribution in [3.8, 4) is 0 Å². The molecule has 0 aromatic carbocycles. The first kappa shape index (κ1) is 30.2. The summed E-state index contributed by atoms with van der Waals surface area (Å²) in [6, 6.07) is -3.85. The van der Waals surface area contributed by atoms with E-state index < -0.39 is 47.9 Å². The Morgan fingerprint density at radius 3 is 1.56 bits per heavy atom. The van der Waals surface area contributed by atoms with Gasteiger partial charge in [-0.05, 0) is 34.6 Å². The van der Waals surface area contributed by atoms with Crippen molar-refractivity contribution in [3.05, 3.63) is 0 Å². The topological polar surface area (TPSA) is 246 Å². The molecule has 2 rings (SSSR count). The molecule has 192 valence electrons. The quantitative estimate of drug-likeness (QED) is 0.189. The first-order valence-corrected chi connectivity index (χ1v) is 10.3. The Labute approximate surface area is 195 Å². The number of amides is 5. The number of carboxylic acid groups (broad SMARTS) is 2. The maximum Gasteiger partial charge on any atom is 0.325 e. The summed E-state index contributed by atoms with van der Waals surface area (Å²) < 4.78 is 0. The van der Waals surface area contributed by atoms with Gasteiger partial charge in [-0.2, -0.15) is 0 Å². The van der Waals surface area contributed by atoms with Gasteiger partial charge in [0.05, 0.1) is 12.5 Å². The average molecular weight is 488 g/mol. The van der Waals surface area contributed by atoms with Crippen molar-refractivity contribution in [3.63, 3.8) is 0 Å². The minimum absolute atomic E-state index is 0.118. The minimum atomic E-state index is -1.12. The van der Waals surface area contributed by atoms with Gasteiger partial charge in [0.1, 0.15) is 30.2 Å². The maximum absolute atomic E-state index is 11.1. The lowest BCUT2D eigenvalue weighted by atomic mass is 10.1. The van der Waals surface area contributed by atoms with Crippen LogP contribution in [0.5, 0.6) is 0 Å². The highest BCUT2D eigenvalue weighted by Crippen LogP contribution is 2.00. The van der Waals surface area contributed by atoms with Crippen LogP contribution >= 0.6 is 0 Å². The number of carbonyl (C=O) groups is 7. The van der Waals surface area contributed by atoms with Gasteiger partial charge in [0, 0.05) is 0 Å². The highest BCUT2D eigenvalue weighted by atomic mass is 16.4. The number of aliphatic carboxylic acids is 2. The molecule has 9 N–H and O–H groups in total. The van der Waals surface area contributed by atoms with Crippen molar-refractivity contribution in [2.45, 2.75) is 77.3 Å². The van der Waals surface area contributed by atoms with Crippen molar-refractivity contribution in [1.29, 1.82) is 0 Å². The molecule has 2 saturated heterocycles. The van der Waals surface area contributed by atoms with Crippen molar-refractivity contribution in [2.24, 2.45) is 5.73 Å². The smallest absolute Gasteiger partial charge is 0.325 e. The van der Waals surface area contributed by atoms with E-state index in [1.165, 1.54) is 20.8 Å². The molecule has 2 fully saturated rings. The number of nitrogens with two attached hydrogens (primary N) is 1. The SMILES string of the molecule is CC(N)C(=O)NC(C)C(=O)O.CC1NC(=O)C(C)NC1=O.CC1NC(=O)C(CC(=O)O)NC1=O. The monoisotopic (exact) mass is 488 g/mol. The first-order chi connectivity index (χ1) is 15.6. The molecular formula is C19H32N6O9. The third kappa shape index (κ3) is 10.7. The van der Waals surface area contributed by atoms with Crippen molar-refractivity contribution < 1.29 is 43.8 Å². The third-order valence-electron chi connectivity index (χ3n) is 4.41. The number of hydrogen-bond donors (Lipinski definition) is 8. The molecular weight excluding hydrogens is 456 g/mol. The molecule has 34 heavy (non-hydrogen) atoms. The van der Waals surface area contributed by atoms with Gasteiger partial charge in [0.25, 0.3) is 0 Å². The Kier molecular flexibility index (Phi) is 12.2. The number of hydrogen-bond acceptors (Lipinski definition) is 8. The van der Waals surface area contributed by atoms with E-state index in [9.17, 15) is 33.6 Å². The predicted octanol–water partition coefficient (Wildman–Crippen LogP) is -3.60. The molecule has 15 heteroatoms. The van der Waals surface area contributed by atoms with Crippen LogP contribution in [0.3, 0.4) is 0 Å². The van der Waals surface area contributed by atoms with Gasteiger partial charge >= 0.3 is 11.9 Å². The van der Waals surface area contributed by atoms with Crippen LogP contribution in [0.2, 0.25) is 0 Å². The van der Waals surface area contributed by atoms with Gasteiger partial charge in [-0.3, -0.25) is 33.6 Å². The summed E-state index contributed by atoms with van der Waals surface area (Å²) in [5.41, 5.74) is 5.18. The highest BCUT2D eigenvalue weighted by molar-refractivity contribution is 5.98. The van der Waals surface area contributed by atoms with E-state index in [4.69, 9.17) is 15.9 Å². The van der Waals surface area contributed by atoms with E-state index in [2.05, 4.69) is 26.6 Å². The molecule has 6 atom stereocenters. The predicted molar refractivity (Wildman–Crippen MR) is 116 cm³/mol. The Morgan fingerprint density at radius 2 is 1.21 bits per heavy atom. The van der Waals surface area contributed by atoms with E-state index >= 15 is 0 Å². The Bertz CT molecular complexity index is 796. The molecule has 0 aromatic heterocycles. The normalized spacial score (nSPS) is 25.2. The summed E-state index contributed by atoms with van der Waals surface area (Å²) >= 11 is 0. The lowest BCUT2D eigenvalue weighted by Gasteiger charge is -2.26. The summed E-state index contributed by atoms with van der Waals surface area (Å²) in [6.07, 6.45) is -0.385. The Balaban J connectivity index is 0.000000485. The van der Waals surface area contributed by atoms with Crippen molar-refractivity contribution in [1.82, 2.24) is 26.6 Å². The van der Waals surface area contributed by atoms with E-state index in [1.54, 1.807) is 13.8 Å². The van der Waals surface area contributed by atoms with Crippen LogP contribution in [0.1, 0.15) is 41.0 Å². The zero-order valence-corrected chi connectivity index (χ0v) is 19.5. The largest absolute Gasteiger partial charge is 0.481 e. The maximum atomic E-state index is 11.1. The third-order valence-corrected chi connectivity index (χ3v) is 4.41. The molecule has 2 heterocycles. The zero-order chi connectivity index (χ0) is 26.7. The van der Waals surface area contributed by atoms with Crippen LogP contribution in [0.4, 0.5) is 0 Å². The molecule has 2 aliphatic rings. The van der Waals surface area contributed by atoms with Crippen LogP contribution in [0.15, 0.2) is 0 Å². The lowest BCUT2D eigenvalue weighted by Crippen LogP contribution is -2.61. The molecule has 15 nitrogen and oxygen atoms in total. The van der Waals surface area contributed by atoms with E-state index in [1.807, 2.05) is 0 Å². The van der Waals surface area contributed by atoms with Gasteiger partial charge in [-0.25, -0.2) is 0 Å². The second kappa shape index (κ2) is 13.7. The average Bonchev–Trinajstić information content (AvgIpc) is 2.71. The fourth-order valence-corrected chi connectivity index (χ4v) is 2.27. The summed E-state index contributed by atoms with van der Waals surface area (Å²) in [4.78, 5) is 75.0. The Hall–Kier alpha value is -3.75. The van der Waals surface area contributed by atoms with Gasteiger partial charge in [-0.1, -0.05) is 0 Å². The summed E-state index contributed by atoms with van der Waals surface area (Å²) in [5.74, 6) is -3.69. The van der Waals surface area contributed by atoms with E-state index in [-0.39, 0.29) is 36.2 Å². The van der Waals surface area contributed by atoms with Gasteiger partial charge in [-0.15, -0.1) is 0 Å². The van der Waals surface area contributed by atoms with E-state index in [0.29, 0.717) is 0 Å². The molecule has 5 amide bonds. The fourth-order valence-electron chi connectivity index (χ4n) is 2.27. The van der Waals surface area contributed by atoms with Gasteiger partial charge in [0.15, 0.2) is 0 Å². The summed E-state index contributed by atoms with van der Waals surface area (Å²) in [5, 5.41) is 28.7. The fraction of sp³-hybridized carbons (Fsp3) is 0.632. The molecule has 6 unspecified atom stereocenters. The van der Waals surface area contributed by atoms with E-state index in [0.717, 1.165) is 0 Å². The highest BCUT2D eigenvalue weighted by Gasteiger charge is 2.32. The second-order valence-electron chi connectivity index (χ2n) is 7.71. The van der Waals surface area contributed by atoms with Crippen LogP contribution in [0.25, 0.3) is 0 Å². The van der Waals surface area contributed by atoms with Crippen LogP contribution in [-0.2, 0) is 33.6 Å². The van der Waals surface area contributed by atoms with Crippen molar-refractivity contribution in [2.75, 3.05) is 0 Å². The summed E-state index contributed by atoms with van der Waals surface area (Å²) in [6.45, 7) is 7.70. The first-order valence-electron chi connectivity index (χ1n) is 10.3. The number of nitrogens with one attached hydrogen (secondary N) is 5. The number of carboxylic acids is 2. The Morgan fingerprint density at radius 1 is 0.824 bits per heavy atom.